The van der Waals surface area contributed by atoms with Crippen molar-refractivity contribution in [3.05, 3.63) is 11.4 Å². The summed E-state index contributed by atoms with van der Waals surface area (Å²) in [5.41, 5.74) is 4.93. The van der Waals surface area contributed by atoms with Gasteiger partial charge < -0.3 is 0 Å². The molecule has 0 bridgehead atoms. The first kappa shape index (κ1) is 19.4. The molecule has 0 N–H and O–H groups in total. The third-order valence-electron chi connectivity index (χ3n) is 6.38. The molecule has 2 nitrogen and oxygen atoms in total. The second-order valence-electron chi connectivity index (χ2n) is 9.04. The molecule has 0 saturated heterocycles. The first-order valence-corrected chi connectivity index (χ1v) is 12.3. The molecule has 0 aliphatic heterocycles. The van der Waals surface area contributed by atoms with Gasteiger partial charge in [0, 0.05) is 18.0 Å². The van der Waals surface area contributed by atoms with Crippen LogP contribution in [0, 0.1) is 0 Å². The highest BCUT2D eigenvalue weighted by Crippen LogP contribution is 2.56. The van der Waals surface area contributed by atoms with Crippen LogP contribution in [0.3, 0.4) is 0 Å². The third kappa shape index (κ3) is 4.15. The highest BCUT2D eigenvalue weighted by atomic mass is 31.1. The van der Waals surface area contributed by atoms with Gasteiger partial charge in [0.25, 0.3) is 0 Å². The summed E-state index contributed by atoms with van der Waals surface area (Å²) in [4.78, 5) is 0. The summed E-state index contributed by atoms with van der Waals surface area (Å²) in [6.45, 7) is 9.45. The standard InChI is InChI=1S/C22H39N2P/c1-16(2)20-22(21(17(3)4)24(5)23-20)25(18-12-8-6-9-13-18)19-14-10-7-11-15-19/h16-19H,6-15H2,1-5H3. The molecule has 3 heteroatoms. The summed E-state index contributed by atoms with van der Waals surface area (Å²) in [6, 6.07) is 0. The molecule has 1 aromatic heterocycles. The molecule has 3 rings (SSSR count). The zero-order valence-electron chi connectivity index (χ0n) is 17.2. The molecule has 2 aliphatic rings. The minimum atomic E-state index is -0.0611. The Hall–Kier alpha value is -0.360. The average molecular weight is 363 g/mol. The highest BCUT2D eigenvalue weighted by Gasteiger charge is 2.37. The van der Waals surface area contributed by atoms with E-state index >= 15 is 0 Å². The molecule has 142 valence electrons. The van der Waals surface area contributed by atoms with Crippen LogP contribution >= 0.6 is 7.92 Å². The molecule has 25 heavy (non-hydrogen) atoms. The fraction of sp³-hybridized carbons (Fsp3) is 0.864. The van der Waals surface area contributed by atoms with E-state index in [9.17, 15) is 0 Å². The van der Waals surface area contributed by atoms with E-state index in [-0.39, 0.29) is 7.92 Å². The summed E-state index contributed by atoms with van der Waals surface area (Å²) in [5, 5.41) is 6.83. The summed E-state index contributed by atoms with van der Waals surface area (Å²) in [7, 11) is 2.13. The third-order valence-corrected chi connectivity index (χ3v) is 9.96. The van der Waals surface area contributed by atoms with E-state index in [0.29, 0.717) is 11.8 Å². The Balaban J connectivity index is 2.07. The molecule has 2 fully saturated rings. The van der Waals surface area contributed by atoms with Crippen LogP contribution in [-0.2, 0) is 7.05 Å². The van der Waals surface area contributed by atoms with Crippen LogP contribution in [0.1, 0.15) is 115 Å². The van der Waals surface area contributed by atoms with Gasteiger partial charge in [-0.2, -0.15) is 5.10 Å². The molecule has 1 heterocycles. The second-order valence-corrected chi connectivity index (χ2v) is 11.8. The van der Waals surface area contributed by atoms with E-state index in [0.717, 1.165) is 11.3 Å². The molecule has 0 radical (unpaired) electrons. The minimum Gasteiger partial charge on any atom is -0.271 e. The predicted octanol–water partition coefficient (Wildman–Crippen LogP) is 6.44. The summed E-state index contributed by atoms with van der Waals surface area (Å²) >= 11 is 0. The van der Waals surface area contributed by atoms with Crippen molar-refractivity contribution < 1.29 is 0 Å². The van der Waals surface area contributed by atoms with Crippen molar-refractivity contribution in [2.75, 3.05) is 0 Å². The first-order chi connectivity index (χ1) is 12.0. The van der Waals surface area contributed by atoms with Crippen molar-refractivity contribution >= 4 is 13.2 Å². The molecule has 0 unspecified atom stereocenters. The Kier molecular flexibility index (Phi) is 6.64. The van der Waals surface area contributed by atoms with Gasteiger partial charge in [-0.25, -0.2) is 0 Å². The van der Waals surface area contributed by atoms with Gasteiger partial charge in [0.1, 0.15) is 0 Å². The van der Waals surface area contributed by atoms with Crippen LogP contribution in [0.5, 0.6) is 0 Å². The van der Waals surface area contributed by atoms with Crippen molar-refractivity contribution in [1.82, 2.24) is 9.78 Å². The van der Waals surface area contributed by atoms with Gasteiger partial charge in [-0.1, -0.05) is 74.1 Å². The first-order valence-electron chi connectivity index (χ1n) is 10.9. The zero-order chi connectivity index (χ0) is 18.0. The van der Waals surface area contributed by atoms with Crippen molar-refractivity contribution in [3.63, 3.8) is 0 Å². The van der Waals surface area contributed by atoms with Crippen LogP contribution in [0.25, 0.3) is 0 Å². The average Bonchev–Trinajstić information content (AvgIpc) is 2.94. The Bertz CT molecular complexity index is 531. The SMILES string of the molecule is CC(C)c1nn(C)c(C(C)C)c1P(C1CCCCC1)C1CCCCC1. The molecule has 0 spiro atoms. The summed E-state index contributed by atoms with van der Waals surface area (Å²) in [6.07, 6.45) is 14.7. The molecule has 2 saturated carbocycles. The van der Waals surface area contributed by atoms with E-state index in [1.807, 2.05) is 0 Å². The van der Waals surface area contributed by atoms with Gasteiger partial charge in [0.05, 0.1) is 5.69 Å². The second kappa shape index (κ2) is 8.55. The Morgan fingerprint density at radius 2 is 1.28 bits per heavy atom. The topological polar surface area (TPSA) is 17.8 Å². The fourth-order valence-corrected chi connectivity index (χ4v) is 9.63. The van der Waals surface area contributed by atoms with Crippen LogP contribution in [0.4, 0.5) is 0 Å². The molecule has 1 aromatic rings. The van der Waals surface area contributed by atoms with Gasteiger partial charge >= 0.3 is 0 Å². The smallest absolute Gasteiger partial charge is 0.0729 e. The summed E-state index contributed by atoms with van der Waals surface area (Å²) in [5.74, 6) is 1.13. The quantitative estimate of drug-likeness (QED) is 0.551. The molecule has 0 amide bonds. The number of hydrogen-bond acceptors (Lipinski definition) is 1. The van der Waals surface area contributed by atoms with Crippen molar-refractivity contribution in [2.45, 2.75) is 115 Å². The van der Waals surface area contributed by atoms with Gasteiger partial charge in [0.2, 0.25) is 0 Å². The van der Waals surface area contributed by atoms with E-state index in [2.05, 4.69) is 39.4 Å². The maximum absolute atomic E-state index is 5.07. The Morgan fingerprint density at radius 1 is 0.800 bits per heavy atom. The maximum atomic E-state index is 5.07. The van der Waals surface area contributed by atoms with Crippen LogP contribution < -0.4 is 5.30 Å². The Labute approximate surface area is 156 Å². The van der Waals surface area contributed by atoms with Gasteiger partial charge in [-0.05, 0) is 48.8 Å². The van der Waals surface area contributed by atoms with Gasteiger partial charge in [-0.3, -0.25) is 4.68 Å². The normalized spacial score (nSPS) is 21.0. The Morgan fingerprint density at radius 3 is 1.68 bits per heavy atom. The van der Waals surface area contributed by atoms with E-state index in [1.54, 1.807) is 11.0 Å². The fourth-order valence-electron chi connectivity index (χ4n) is 5.23. The minimum absolute atomic E-state index is 0.0611. The number of aryl methyl sites for hydroxylation is 1. The van der Waals surface area contributed by atoms with E-state index in [1.165, 1.54) is 69.9 Å². The maximum Gasteiger partial charge on any atom is 0.0729 e. The highest BCUT2D eigenvalue weighted by molar-refractivity contribution is 7.67. The lowest BCUT2D eigenvalue weighted by molar-refractivity contribution is 0.486. The predicted molar refractivity (Wildman–Crippen MR) is 112 cm³/mol. The van der Waals surface area contributed by atoms with Crippen LogP contribution in [0.15, 0.2) is 0 Å². The molecular weight excluding hydrogens is 323 g/mol. The summed E-state index contributed by atoms with van der Waals surface area (Å²) < 4.78 is 2.25. The largest absolute Gasteiger partial charge is 0.271 e. The van der Waals surface area contributed by atoms with Gasteiger partial charge in [0.15, 0.2) is 0 Å². The molecule has 0 atom stereocenters. The van der Waals surface area contributed by atoms with E-state index < -0.39 is 0 Å². The molecular formula is C22H39N2P. The van der Waals surface area contributed by atoms with Crippen molar-refractivity contribution in [1.29, 1.82) is 0 Å². The van der Waals surface area contributed by atoms with Crippen molar-refractivity contribution in [3.8, 4) is 0 Å². The van der Waals surface area contributed by atoms with Crippen LogP contribution in [-0.4, -0.2) is 21.1 Å². The number of nitrogens with zero attached hydrogens (tertiary/aromatic N) is 2. The number of rotatable bonds is 5. The van der Waals surface area contributed by atoms with Gasteiger partial charge in [-0.15, -0.1) is 0 Å². The molecule has 2 aliphatic carbocycles. The number of aromatic nitrogens is 2. The monoisotopic (exact) mass is 362 g/mol. The van der Waals surface area contributed by atoms with E-state index in [4.69, 9.17) is 5.10 Å². The lowest BCUT2D eigenvalue weighted by Crippen LogP contribution is -2.29. The lowest BCUT2D eigenvalue weighted by atomic mass is 9.99. The lowest BCUT2D eigenvalue weighted by Gasteiger charge is -2.39. The molecule has 0 aromatic carbocycles. The number of hydrogen-bond donors (Lipinski definition) is 0. The zero-order valence-corrected chi connectivity index (χ0v) is 18.1. The van der Waals surface area contributed by atoms with Crippen molar-refractivity contribution in [2.24, 2.45) is 7.05 Å². The van der Waals surface area contributed by atoms with Crippen LogP contribution in [0.2, 0.25) is 0 Å².